The summed E-state index contributed by atoms with van der Waals surface area (Å²) in [5, 5.41) is 6.01. The molecular formula is C20H18N4O2S2. The summed E-state index contributed by atoms with van der Waals surface area (Å²) in [6, 6.07) is 11.4. The van der Waals surface area contributed by atoms with Crippen molar-refractivity contribution in [3.8, 4) is 10.6 Å². The highest BCUT2D eigenvalue weighted by molar-refractivity contribution is 7.16. The van der Waals surface area contributed by atoms with Crippen LogP contribution in [0.15, 0.2) is 52.8 Å². The molecule has 4 rings (SSSR count). The fourth-order valence-electron chi connectivity index (χ4n) is 2.93. The molecule has 6 nitrogen and oxygen atoms in total. The van der Waals surface area contributed by atoms with Crippen molar-refractivity contribution in [3.63, 3.8) is 0 Å². The molecule has 1 aromatic carbocycles. The Hall–Kier alpha value is -2.84. The van der Waals surface area contributed by atoms with Crippen molar-refractivity contribution in [1.29, 1.82) is 0 Å². The van der Waals surface area contributed by atoms with Gasteiger partial charge in [-0.2, -0.15) is 0 Å². The average Bonchev–Trinajstić information content (AvgIpc) is 3.33. The zero-order valence-corrected chi connectivity index (χ0v) is 16.8. The number of aromatic nitrogens is 3. The molecule has 28 heavy (non-hydrogen) atoms. The van der Waals surface area contributed by atoms with Gasteiger partial charge in [0.05, 0.1) is 32.8 Å². The molecule has 0 bridgehead atoms. The van der Waals surface area contributed by atoms with E-state index in [9.17, 15) is 9.59 Å². The summed E-state index contributed by atoms with van der Waals surface area (Å²) in [5.41, 5.74) is 2.08. The van der Waals surface area contributed by atoms with E-state index in [2.05, 4.69) is 32.8 Å². The van der Waals surface area contributed by atoms with Gasteiger partial charge in [0.2, 0.25) is 5.91 Å². The van der Waals surface area contributed by atoms with Gasteiger partial charge < -0.3 is 5.32 Å². The Morgan fingerprint density at radius 1 is 1.21 bits per heavy atom. The predicted molar refractivity (Wildman–Crippen MR) is 113 cm³/mol. The summed E-state index contributed by atoms with van der Waals surface area (Å²) in [5.74, 6) is -0.189. The van der Waals surface area contributed by atoms with E-state index < -0.39 is 0 Å². The Morgan fingerprint density at radius 2 is 2.07 bits per heavy atom. The Labute approximate surface area is 169 Å². The molecule has 0 aliphatic rings. The predicted octanol–water partition coefficient (Wildman–Crippen LogP) is 3.25. The number of para-hydroxylation sites is 2. The van der Waals surface area contributed by atoms with E-state index in [1.54, 1.807) is 28.7 Å². The lowest BCUT2D eigenvalue weighted by Gasteiger charge is -2.09. The van der Waals surface area contributed by atoms with Gasteiger partial charge in [-0.05, 0) is 37.6 Å². The van der Waals surface area contributed by atoms with Gasteiger partial charge in [-0.1, -0.05) is 12.1 Å². The largest absolute Gasteiger partial charge is 0.354 e. The number of rotatable bonds is 6. The number of carbonyl (C=O) groups is 1. The molecule has 0 unspecified atom stereocenters. The van der Waals surface area contributed by atoms with Crippen molar-refractivity contribution in [3.05, 3.63) is 68.2 Å². The van der Waals surface area contributed by atoms with Crippen LogP contribution in [-0.4, -0.2) is 27.0 Å². The van der Waals surface area contributed by atoms with Crippen LogP contribution >= 0.6 is 22.7 Å². The van der Waals surface area contributed by atoms with E-state index in [4.69, 9.17) is 0 Å². The number of carbonyl (C=O) groups excluding carboxylic acids is 1. The van der Waals surface area contributed by atoms with Gasteiger partial charge in [0.25, 0.3) is 5.56 Å². The number of benzene rings is 1. The molecule has 0 aliphatic carbocycles. The zero-order chi connectivity index (χ0) is 19.5. The van der Waals surface area contributed by atoms with Crippen LogP contribution in [0.4, 0.5) is 0 Å². The summed E-state index contributed by atoms with van der Waals surface area (Å²) in [7, 11) is 0. The lowest BCUT2D eigenvalue weighted by Crippen LogP contribution is -2.33. The van der Waals surface area contributed by atoms with Crippen molar-refractivity contribution in [2.24, 2.45) is 0 Å². The van der Waals surface area contributed by atoms with Gasteiger partial charge in [0, 0.05) is 16.8 Å². The van der Waals surface area contributed by atoms with Crippen LogP contribution in [0.1, 0.15) is 9.88 Å². The van der Waals surface area contributed by atoms with Gasteiger partial charge in [-0.3, -0.25) is 14.2 Å². The number of aryl methyl sites for hydroxylation is 1. The molecule has 0 saturated heterocycles. The molecule has 0 saturated carbocycles. The topological polar surface area (TPSA) is 76.9 Å². The summed E-state index contributed by atoms with van der Waals surface area (Å²) in [6.45, 7) is 2.50. The van der Waals surface area contributed by atoms with Crippen molar-refractivity contribution < 1.29 is 4.79 Å². The smallest absolute Gasteiger partial charge is 0.269 e. The minimum absolute atomic E-state index is 0.0182. The number of nitrogens with zero attached hydrogens (tertiary/aromatic N) is 3. The number of thiazole rings is 1. The van der Waals surface area contributed by atoms with Crippen LogP contribution in [0.5, 0.6) is 0 Å². The molecule has 3 aromatic heterocycles. The van der Waals surface area contributed by atoms with Gasteiger partial charge in [-0.25, -0.2) is 9.97 Å². The van der Waals surface area contributed by atoms with Crippen molar-refractivity contribution in [2.75, 3.05) is 6.54 Å². The average molecular weight is 411 g/mol. The van der Waals surface area contributed by atoms with Crippen LogP contribution in [-0.2, 0) is 17.8 Å². The molecule has 0 radical (unpaired) electrons. The third kappa shape index (κ3) is 4.02. The highest BCUT2D eigenvalue weighted by Gasteiger charge is 2.10. The number of thiophene rings is 1. The Bertz CT molecular complexity index is 1190. The van der Waals surface area contributed by atoms with E-state index >= 15 is 0 Å². The SMILES string of the molecule is Cc1nc(-c2ccc(CCNC(=O)Cn3c(=O)cnc4ccccc43)s2)cs1. The highest BCUT2D eigenvalue weighted by atomic mass is 32.1. The first-order valence-electron chi connectivity index (χ1n) is 8.82. The number of fused-ring (bicyclic) bond motifs is 1. The first-order chi connectivity index (χ1) is 13.6. The van der Waals surface area contributed by atoms with E-state index in [1.165, 1.54) is 15.6 Å². The lowest BCUT2D eigenvalue weighted by atomic mass is 10.3. The maximum absolute atomic E-state index is 12.3. The van der Waals surface area contributed by atoms with Crippen LogP contribution in [0.3, 0.4) is 0 Å². The van der Waals surface area contributed by atoms with E-state index in [-0.39, 0.29) is 18.0 Å². The summed E-state index contributed by atoms with van der Waals surface area (Å²) < 4.78 is 1.45. The van der Waals surface area contributed by atoms with Crippen molar-refractivity contribution in [2.45, 2.75) is 19.9 Å². The summed E-state index contributed by atoms with van der Waals surface area (Å²) >= 11 is 3.33. The maximum Gasteiger partial charge on any atom is 0.269 e. The van der Waals surface area contributed by atoms with E-state index in [0.717, 1.165) is 22.0 Å². The fraction of sp³-hybridized carbons (Fsp3) is 0.200. The second-order valence-electron chi connectivity index (χ2n) is 6.29. The minimum atomic E-state index is -0.282. The van der Waals surface area contributed by atoms with Crippen molar-refractivity contribution in [1.82, 2.24) is 19.9 Å². The van der Waals surface area contributed by atoms with Crippen LogP contribution in [0.2, 0.25) is 0 Å². The first kappa shape index (κ1) is 18.5. The van der Waals surface area contributed by atoms with Crippen LogP contribution in [0.25, 0.3) is 21.6 Å². The van der Waals surface area contributed by atoms with Gasteiger partial charge >= 0.3 is 0 Å². The molecule has 8 heteroatoms. The van der Waals surface area contributed by atoms with Gasteiger partial charge in [-0.15, -0.1) is 22.7 Å². The third-order valence-corrected chi connectivity index (χ3v) is 6.22. The number of nitrogens with one attached hydrogen (secondary N) is 1. The second kappa shape index (κ2) is 8.04. The number of amides is 1. The molecule has 0 fully saturated rings. The van der Waals surface area contributed by atoms with Crippen LogP contribution < -0.4 is 10.9 Å². The Morgan fingerprint density at radius 3 is 2.89 bits per heavy atom. The summed E-state index contributed by atoms with van der Waals surface area (Å²) in [4.78, 5) is 35.4. The van der Waals surface area contributed by atoms with Crippen LogP contribution in [0, 0.1) is 6.92 Å². The zero-order valence-electron chi connectivity index (χ0n) is 15.2. The number of hydrogen-bond acceptors (Lipinski definition) is 6. The lowest BCUT2D eigenvalue weighted by molar-refractivity contribution is -0.121. The minimum Gasteiger partial charge on any atom is -0.354 e. The Kier molecular flexibility index (Phi) is 5.31. The molecular weight excluding hydrogens is 392 g/mol. The number of hydrogen-bond donors (Lipinski definition) is 1. The van der Waals surface area contributed by atoms with E-state index in [1.807, 2.05) is 25.1 Å². The Balaban J connectivity index is 1.36. The molecule has 142 valence electrons. The standard InChI is InChI=1S/C20H18N4O2S2/c1-13-23-16(12-27-13)18-7-6-14(28-18)8-9-21-19(25)11-24-17-5-3-2-4-15(17)22-10-20(24)26/h2-7,10,12H,8-9,11H2,1H3,(H,21,25). The highest BCUT2D eigenvalue weighted by Crippen LogP contribution is 2.29. The fourth-order valence-corrected chi connectivity index (χ4v) is 4.58. The molecule has 0 spiro atoms. The molecule has 0 aliphatic heterocycles. The van der Waals surface area contributed by atoms with Gasteiger partial charge in [0.15, 0.2) is 0 Å². The molecule has 4 aromatic rings. The maximum atomic E-state index is 12.3. The molecule has 1 amide bonds. The third-order valence-electron chi connectivity index (χ3n) is 4.28. The summed E-state index contributed by atoms with van der Waals surface area (Å²) in [6.07, 6.45) is 1.99. The quantitative estimate of drug-likeness (QED) is 0.529. The first-order valence-corrected chi connectivity index (χ1v) is 10.5. The van der Waals surface area contributed by atoms with Crippen molar-refractivity contribution >= 4 is 39.6 Å². The molecule has 3 heterocycles. The molecule has 1 N–H and O–H groups in total. The normalized spacial score (nSPS) is 11.0. The van der Waals surface area contributed by atoms with E-state index in [0.29, 0.717) is 17.6 Å². The monoisotopic (exact) mass is 410 g/mol. The second-order valence-corrected chi connectivity index (χ2v) is 8.52. The van der Waals surface area contributed by atoms with Gasteiger partial charge in [0.1, 0.15) is 6.54 Å². The molecule has 0 atom stereocenters.